The van der Waals surface area contributed by atoms with E-state index in [1.54, 1.807) is 0 Å². The largest absolute Gasteiger partial charge is 0.345 e. The molecule has 1 heterocycles. The molecule has 0 fully saturated rings. The van der Waals surface area contributed by atoms with Gasteiger partial charge in [0.05, 0.1) is 6.04 Å². The smallest absolute Gasteiger partial charge is 0.252 e. The molecule has 1 aliphatic carbocycles. The van der Waals surface area contributed by atoms with E-state index >= 15 is 0 Å². The highest BCUT2D eigenvalue weighted by Gasteiger charge is 2.32. The van der Waals surface area contributed by atoms with Crippen LogP contribution in [-0.4, -0.2) is 5.91 Å². The maximum Gasteiger partial charge on any atom is 0.252 e. The average Bonchev–Trinajstić information content (AvgIpc) is 2.47. The summed E-state index contributed by atoms with van der Waals surface area (Å²) in [5.41, 5.74) is 3.55. The van der Waals surface area contributed by atoms with Gasteiger partial charge in [0, 0.05) is 5.56 Å². The van der Waals surface area contributed by atoms with Gasteiger partial charge in [-0.2, -0.15) is 0 Å². The third-order valence-corrected chi connectivity index (χ3v) is 3.03. The SMILES string of the molecule is O=C1NC2CCCc3cccc1c32. The van der Waals surface area contributed by atoms with Crippen LogP contribution >= 0.6 is 0 Å². The number of aryl methyl sites for hydroxylation is 1. The van der Waals surface area contributed by atoms with E-state index < -0.39 is 0 Å². The Morgan fingerprint density at radius 3 is 3.23 bits per heavy atom. The van der Waals surface area contributed by atoms with Gasteiger partial charge < -0.3 is 5.32 Å². The molecule has 1 amide bonds. The number of hydrogen-bond acceptors (Lipinski definition) is 1. The fourth-order valence-electron chi connectivity index (χ4n) is 2.46. The lowest BCUT2D eigenvalue weighted by Gasteiger charge is -2.20. The van der Waals surface area contributed by atoms with Gasteiger partial charge in [0.25, 0.3) is 5.91 Å². The Morgan fingerprint density at radius 2 is 2.31 bits per heavy atom. The summed E-state index contributed by atoms with van der Waals surface area (Å²) in [5.74, 6) is 0.115. The van der Waals surface area contributed by atoms with E-state index in [1.165, 1.54) is 17.5 Å². The third kappa shape index (κ3) is 0.857. The van der Waals surface area contributed by atoms with Gasteiger partial charge in [-0.15, -0.1) is 0 Å². The molecule has 0 aromatic heterocycles. The Labute approximate surface area is 77.0 Å². The lowest BCUT2D eigenvalue weighted by atomic mass is 9.87. The fourth-order valence-corrected chi connectivity index (χ4v) is 2.46. The van der Waals surface area contributed by atoms with Crippen LogP contribution < -0.4 is 5.32 Å². The van der Waals surface area contributed by atoms with Gasteiger partial charge in [0.1, 0.15) is 0 Å². The van der Waals surface area contributed by atoms with Crippen LogP contribution in [0.15, 0.2) is 18.2 Å². The van der Waals surface area contributed by atoms with Crippen LogP contribution in [0.1, 0.15) is 40.4 Å². The molecule has 0 saturated carbocycles. The summed E-state index contributed by atoms with van der Waals surface area (Å²) in [5, 5.41) is 3.02. The first kappa shape index (κ1) is 7.13. The number of benzene rings is 1. The summed E-state index contributed by atoms with van der Waals surface area (Å²) < 4.78 is 0. The molecule has 1 unspecified atom stereocenters. The van der Waals surface area contributed by atoms with Crippen LogP contribution in [0.2, 0.25) is 0 Å². The summed E-state index contributed by atoms with van der Waals surface area (Å²) in [6.07, 6.45) is 3.44. The Hall–Kier alpha value is -1.31. The zero-order valence-electron chi connectivity index (χ0n) is 7.34. The molecule has 3 rings (SSSR count). The second kappa shape index (κ2) is 2.34. The highest BCUT2D eigenvalue weighted by molar-refractivity contribution is 5.99. The highest BCUT2D eigenvalue weighted by atomic mass is 16.2. The van der Waals surface area contributed by atoms with Crippen molar-refractivity contribution in [3.05, 3.63) is 34.9 Å². The van der Waals surface area contributed by atoms with Crippen LogP contribution in [0.5, 0.6) is 0 Å². The maximum absolute atomic E-state index is 11.5. The normalized spacial score (nSPS) is 24.0. The molecule has 2 heteroatoms. The molecule has 2 aliphatic rings. The molecule has 1 atom stereocenters. The molecule has 1 N–H and O–H groups in total. The number of carbonyl (C=O) groups is 1. The minimum Gasteiger partial charge on any atom is -0.345 e. The van der Waals surface area contributed by atoms with Crippen LogP contribution in [0.4, 0.5) is 0 Å². The summed E-state index contributed by atoms with van der Waals surface area (Å²) in [4.78, 5) is 11.5. The van der Waals surface area contributed by atoms with Crippen molar-refractivity contribution in [2.45, 2.75) is 25.3 Å². The maximum atomic E-state index is 11.5. The average molecular weight is 173 g/mol. The zero-order chi connectivity index (χ0) is 8.84. The first-order chi connectivity index (χ1) is 6.36. The molecule has 0 bridgehead atoms. The highest BCUT2D eigenvalue weighted by Crippen LogP contribution is 2.36. The van der Waals surface area contributed by atoms with E-state index in [1.807, 2.05) is 12.1 Å². The number of hydrogen-bond donors (Lipinski definition) is 1. The Balaban J connectivity index is 2.28. The molecule has 13 heavy (non-hydrogen) atoms. The van der Waals surface area contributed by atoms with Crippen LogP contribution in [0.25, 0.3) is 0 Å². The van der Waals surface area contributed by atoms with Gasteiger partial charge in [-0.05, 0) is 36.5 Å². The minimum atomic E-state index is 0.115. The molecular weight excluding hydrogens is 162 g/mol. The predicted octanol–water partition coefficient (Wildman–Crippen LogP) is 1.81. The zero-order valence-corrected chi connectivity index (χ0v) is 7.34. The van der Waals surface area contributed by atoms with Crippen molar-refractivity contribution in [3.63, 3.8) is 0 Å². The van der Waals surface area contributed by atoms with Gasteiger partial charge >= 0.3 is 0 Å². The second-order valence-corrected chi connectivity index (χ2v) is 3.80. The van der Waals surface area contributed by atoms with E-state index in [0.29, 0.717) is 6.04 Å². The molecule has 2 nitrogen and oxygen atoms in total. The quantitative estimate of drug-likeness (QED) is 0.637. The number of rotatable bonds is 0. The second-order valence-electron chi connectivity index (χ2n) is 3.80. The lowest BCUT2D eigenvalue weighted by molar-refractivity contribution is 0.0954. The van der Waals surface area contributed by atoms with E-state index in [2.05, 4.69) is 11.4 Å². The van der Waals surface area contributed by atoms with Crippen molar-refractivity contribution in [2.24, 2.45) is 0 Å². The molecule has 1 aliphatic heterocycles. The van der Waals surface area contributed by atoms with E-state index in [9.17, 15) is 4.79 Å². The van der Waals surface area contributed by atoms with Gasteiger partial charge in [0.2, 0.25) is 0 Å². The van der Waals surface area contributed by atoms with Crippen molar-refractivity contribution in [2.75, 3.05) is 0 Å². The summed E-state index contributed by atoms with van der Waals surface area (Å²) in [7, 11) is 0. The van der Waals surface area contributed by atoms with E-state index in [0.717, 1.165) is 18.4 Å². The van der Waals surface area contributed by atoms with Crippen molar-refractivity contribution < 1.29 is 4.79 Å². The van der Waals surface area contributed by atoms with E-state index in [4.69, 9.17) is 0 Å². The van der Waals surface area contributed by atoms with Crippen LogP contribution in [-0.2, 0) is 6.42 Å². The van der Waals surface area contributed by atoms with Crippen molar-refractivity contribution >= 4 is 5.91 Å². The molecule has 0 spiro atoms. The predicted molar refractivity (Wildman–Crippen MR) is 49.6 cm³/mol. The molecular formula is C11H11NO. The minimum absolute atomic E-state index is 0.115. The first-order valence-electron chi connectivity index (χ1n) is 4.79. The summed E-state index contributed by atoms with van der Waals surface area (Å²) in [6, 6.07) is 6.37. The third-order valence-electron chi connectivity index (χ3n) is 3.03. The molecule has 66 valence electrons. The number of carbonyl (C=O) groups excluding carboxylic acids is 1. The van der Waals surface area contributed by atoms with Crippen molar-refractivity contribution in [1.82, 2.24) is 5.32 Å². The van der Waals surface area contributed by atoms with Gasteiger partial charge in [-0.3, -0.25) is 4.79 Å². The Kier molecular flexibility index (Phi) is 1.29. The van der Waals surface area contributed by atoms with Crippen molar-refractivity contribution in [1.29, 1.82) is 0 Å². The number of nitrogens with one attached hydrogen (secondary N) is 1. The molecule has 0 saturated heterocycles. The summed E-state index contributed by atoms with van der Waals surface area (Å²) in [6.45, 7) is 0. The van der Waals surface area contributed by atoms with Crippen LogP contribution in [0, 0.1) is 0 Å². The van der Waals surface area contributed by atoms with Crippen molar-refractivity contribution in [3.8, 4) is 0 Å². The molecule has 1 aromatic carbocycles. The standard InChI is InChI=1S/C11H11NO/c13-11-8-5-1-3-7-4-2-6-9(12-11)10(7)8/h1,3,5,9H,2,4,6H2,(H,12,13). The first-order valence-corrected chi connectivity index (χ1v) is 4.79. The van der Waals surface area contributed by atoms with E-state index in [-0.39, 0.29) is 5.91 Å². The van der Waals surface area contributed by atoms with Gasteiger partial charge in [-0.1, -0.05) is 12.1 Å². The lowest BCUT2D eigenvalue weighted by Crippen LogP contribution is -2.20. The van der Waals surface area contributed by atoms with Gasteiger partial charge in [0.15, 0.2) is 0 Å². The topological polar surface area (TPSA) is 29.1 Å². The van der Waals surface area contributed by atoms with Crippen LogP contribution in [0.3, 0.4) is 0 Å². The molecule has 1 aromatic rings. The Morgan fingerprint density at radius 1 is 1.38 bits per heavy atom. The summed E-state index contributed by atoms with van der Waals surface area (Å²) >= 11 is 0. The Bertz CT molecular complexity index is 384. The van der Waals surface area contributed by atoms with Gasteiger partial charge in [-0.25, -0.2) is 0 Å². The monoisotopic (exact) mass is 173 g/mol. The molecule has 0 radical (unpaired) electrons. The fraction of sp³-hybridized carbons (Fsp3) is 0.364. The number of amides is 1.